The molecule has 1 aromatic carbocycles. The molecule has 0 spiro atoms. The molecule has 6 nitrogen and oxygen atoms in total. The second kappa shape index (κ2) is 8.34. The van der Waals surface area contributed by atoms with Crippen molar-refractivity contribution < 1.29 is 9.80 Å². The SMILES string of the molecule is Cc1ccccc1C[NH+]1CC[NH+](Cn2nc(-c3ccncc3)n(C)c2=S)CC1. The molecule has 0 amide bonds. The van der Waals surface area contributed by atoms with Crippen molar-refractivity contribution in [2.45, 2.75) is 20.1 Å². The summed E-state index contributed by atoms with van der Waals surface area (Å²) in [7, 11) is 1.99. The lowest BCUT2D eigenvalue weighted by Gasteiger charge is -2.29. The van der Waals surface area contributed by atoms with Gasteiger partial charge in [-0.2, -0.15) is 4.68 Å². The third-order valence-electron chi connectivity index (χ3n) is 5.72. The van der Waals surface area contributed by atoms with Gasteiger partial charge in [-0.3, -0.25) is 4.98 Å². The van der Waals surface area contributed by atoms with Gasteiger partial charge < -0.3 is 14.4 Å². The summed E-state index contributed by atoms with van der Waals surface area (Å²) in [5.41, 5.74) is 3.91. The lowest BCUT2D eigenvalue weighted by atomic mass is 10.1. The van der Waals surface area contributed by atoms with Crippen molar-refractivity contribution in [1.82, 2.24) is 19.3 Å². The molecule has 0 radical (unpaired) electrons. The minimum absolute atomic E-state index is 0.772. The zero-order chi connectivity index (χ0) is 19.5. The van der Waals surface area contributed by atoms with E-state index in [2.05, 4.69) is 36.2 Å². The Bertz CT molecular complexity index is 986. The van der Waals surface area contributed by atoms with Crippen molar-refractivity contribution in [1.29, 1.82) is 0 Å². The Morgan fingerprint density at radius 1 is 1.00 bits per heavy atom. The molecular weight excluding hydrogens is 368 g/mol. The van der Waals surface area contributed by atoms with Crippen LogP contribution in [0, 0.1) is 11.7 Å². The fraction of sp³-hybridized carbons (Fsp3) is 0.381. The average molecular weight is 397 g/mol. The van der Waals surface area contributed by atoms with Crippen LogP contribution in [-0.4, -0.2) is 45.5 Å². The van der Waals surface area contributed by atoms with Crippen LogP contribution in [0.3, 0.4) is 0 Å². The molecular formula is C21H28N6S+2. The Kier molecular flexibility index (Phi) is 5.66. The molecule has 0 atom stereocenters. The summed E-state index contributed by atoms with van der Waals surface area (Å²) in [5, 5.41) is 4.79. The van der Waals surface area contributed by atoms with Crippen molar-refractivity contribution in [3.63, 3.8) is 0 Å². The van der Waals surface area contributed by atoms with Gasteiger partial charge in [0.1, 0.15) is 32.7 Å². The summed E-state index contributed by atoms with van der Waals surface area (Å²) in [6.07, 6.45) is 3.58. The molecule has 1 aliphatic rings. The van der Waals surface area contributed by atoms with E-state index in [4.69, 9.17) is 17.3 Å². The summed E-state index contributed by atoms with van der Waals surface area (Å²) in [6, 6.07) is 12.7. The first-order valence-corrected chi connectivity index (χ1v) is 10.3. The van der Waals surface area contributed by atoms with Gasteiger partial charge in [0.25, 0.3) is 0 Å². The molecule has 0 unspecified atom stereocenters. The highest BCUT2D eigenvalue weighted by molar-refractivity contribution is 7.71. The van der Waals surface area contributed by atoms with E-state index in [0.717, 1.165) is 42.5 Å². The maximum atomic E-state index is 5.64. The summed E-state index contributed by atoms with van der Waals surface area (Å²) in [4.78, 5) is 7.30. The van der Waals surface area contributed by atoms with Gasteiger partial charge in [-0.05, 0) is 36.8 Å². The lowest BCUT2D eigenvalue weighted by molar-refractivity contribution is -1.03. The summed E-state index contributed by atoms with van der Waals surface area (Å²) < 4.78 is 4.74. The second-order valence-corrected chi connectivity index (χ2v) is 8.03. The first kappa shape index (κ1) is 19.0. The van der Waals surface area contributed by atoms with Gasteiger partial charge in [-0.15, -0.1) is 5.10 Å². The topological polar surface area (TPSA) is 44.5 Å². The smallest absolute Gasteiger partial charge is 0.202 e. The van der Waals surface area contributed by atoms with Gasteiger partial charge in [-0.1, -0.05) is 24.3 Å². The number of pyridine rings is 1. The summed E-state index contributed by atoms with van der Waals surface area (Å²) in [6.45, 7) is 8.81. The zero-order valence-corrected chi connectivity index (χ0v) is 17.4. The maximum Gasteiger partial charge on any atom is 0.202 e. The summed E-state index contributed by atoms with van der Waals surface area (Å²) >= 11 is 5.64. The minimum Gasteiger partial charge on any atom is -0.322 e. The van der Waals surface area contributed by atoms with Crippen LogP contribution in [0.4, 0.5) is 0 Å². The number of nitrogens with one attached hydrogen (secondary N) is 2. The molecule has 1 fully saturated rings. The quantitative estimate of drug-likeness (QED) is 0.609. The van der Waals surface area contributed by atoms with Gasteiger partial charge in [0.15, 0.2) is 12.5 Å². The van der Waals surface area contributed by atoms with E-state index in [0.29, 0.717) is 0 Å². The molecule has 28 heavy (non-hydrogen) atoms. The van der Waals surface area contributed by atoms with Crippen LogP contribution in [0.25, 0.3) is 11.4 Å². The number of piperazine rings is 1. The van der Waals surface area contributed by atoms with E-state index in [-0.39, 0.29) is 0 Å². The molecule has 146 valence electrons. The fourth-order valence-electron chi connectivity index (χ4n) is 3.92. The molecule has 0 saturated carbocycles. The fourth-order valence-corrected chi connectivity index (χ4v) is 4.12. The number of rotatable bonds is 5. The number of benzene rings is 1. The van der Waals surface area contributed by atoms with E-state index in [1.807, 2.05) is 28.4 Å². The van der Waals surface area contributed by atoms with Crippen LogP contribution in [0.1, 0.15) is 11.1 Å². The maximum absolute atomic E-state index is 5.64. The highest BCUT2D eigenvalue weighted by Gasteiger charge is 2.24. The Hall–Kier alpha value is -2.35. The molecule has 3 heterocycles. The number of nitrogens with zero attached hydrogens (tertiary/aromatic N) is 4. The van der Waals surface area contributed by atoms with Crippen LogP contribution in [0.5, 0.6) is 0 Å². The number of aromatic nitrogens is 4. The van der Waals surface area contributed by atoms with E-state index in [9.17, 15) is 0 Å². The largest absolute Gasteiger partial charge is 0.322 e. The van der Waals surface area contributed by atoms with Crippen molar-refractivity contribution in [2.75, 3.05) is 26.2 Å². The average Bonchev–Trinajstić information content (AvgIpc) is 3.00. The van der Waals surface area contributed by atoms with Crippen molar-refractivity contribution in [2.24, 2.45) is 7.05 Å². The van der Waals surface area contributed by atoms with Crippen LogP contribution >= 0.6 is 12.2 Å². The number of aryl methyl sites for hydroxylation is 1. The van der Waals surface area contributed by atoms with E-state index >= 15 is 0 Å². The van der Waals surface area contributed by atoms with Gasteiger partial charge in [-0.25, -0.2) is 0 Å². The monoisotopic (exact) mass is 396 g/mol. The Balaban J connectivity index is 1.39. The molecule has 0 aliphatic carbocycles. The predicted molar refractivity (Wildman–Crippen MR) is 112 cm³/mol. The van der Waals surface area contributed by atoms with Crippen LogP contribution < -0.4 is 9.80 Å². The van der Waals surface area contributed by atoms with Gasteiger partial charge in [0.05, 0.1) is 0 Å². The number of hydrogen-bond acceptors (Lipinski definition) is 3. The normalized spacial score (nSPS) is 19.6. The van der Waals surface area contributed by atoms with Crippen molar-refractivity contribution in [3.8, 4) is 11.4 Å². The van der Waals surface area contributed by atoms with Crippen LogP contribution in [0.2, 0.25) is 0 Å². The molecule has 4 rings (SSSR count). The van der Waals surface area contributed by atoms with Crippen LogP contribution in [0.15, 0.2) is 48.8 Å². The second-order valence-electron chi connectivity index (χ2n) is 7.66. The van der Waals surface area contributed by atoms with Crippen molar-refractivity contribution >= 4 is 12.2 Å². The molecule has 3 aromatic rings. The predicted octanol–water partition coefficient (Wildman–Crippen LogP) is 0.263. The standard InChI is InChI=1S/C21H26N6S/c1-17-5-3-4-6-19(17)15-25-11-13-26(14-12-25)16-27-21(28)24(2)20(23-27)18-7-9-22-10-8-18/h3-10H,11-16H2,1-2H3/p+2. The van der Waals surface area contributed by atoms with Gasteiger partial charge in [0, 0.05) is 30.6 Å². The van der Waals surface area contributed by atoms with E-state index in [1.54, 1.807) is 22.2 Å². The summed E-state index contributed by atoms with van der Waals surface area (Å²) in [5.74, 6) is 0.899. The Morgan fingerprint density at radius 3 is 2.39 bits per heavy atom. The molecule has 2 aromatic heterocycles. The minimum atomic E-state index is 0.772. The molecule has 1 aliphatic heterocycles. The highest BCUT2D eigenvalue weighted by Crippen LogP contribution is 2.15. The van der Waals surface area contributed by atoms with Crippen LogP contribution in [-0.2, 0) is 20.3 Å². The van der Waals surface area contributed by atoms with E-state index in [1.165, 1.54) is 24.2 Å². The van der Waals surface area contributed by atoms with Crippen molar-refractivity contribution in [3.05, 3.63) is 64.7 Å². The first-order chi connectivity index (χ1) is 13.6. The molecule has 0 bridgehead atoms. The van der Waals surface area contributed by atoms with Gasteiger partial charge in [0.2, 0.25) is 4.77 Å². The first-order valence-electron chi connectivity index (χ1n) is 9.87. The number of quaternary nitrogens is 2. The Morgan fingerprint density at radius 2 is 1.68 bits per heavy atom. The Labute approximate surface area is 171 Å². The molecule has 2 N–H and O–H groups in total. The third-order valence-corrected chi connectivity index (χ3v) is 6.20. The molecule has 1 saturated heterocycles. The highest BCUT2D eigenvalue weighted by atomic mass is 32.1. The van der Waals surface area contributed by atoms with Gasteiger partial charge >= 0.3 is 0 Å². The zero-order valence-electron chi connectivity index (χ0n) is 16.6. The third kappa shape index (κ3) is 4.06. The van der Waals surface area contributed by atoms with E-state index < -0.39 is 0 Å². The molecule has 7 heteroatoms. The number of hydrogen-bond donors (Lipinski definition) is 2. The lowest BCUT2D eigenvalue weighted by Crippen LogP contribution is -3.27.